The first-order chi connectivity index (χ1) is 11.6. The van der Waals surface area contributed by atoms with Gasteiger partial charge >= 0.3 is 5.97 Å². The Kier molecular flexibility index (Phi) is 6.62. The van der Waals surface area contributed by atoms with Crippen molar-refractivity contribution in [1.29, 1.82) is 0 Å². The van der Waals surface area contributed by atoms with Crippen LogP contribution in [-0.4, -0.2) is 30.0 Å². The molecule has 0 fully saturated rings. The Morgan fingerprint density at radius 3 is 2.54 bits per heavy atom. The third-order valence-corrected chi connectivity index (χ3v) is 3.98. The Labute approximate surface area is 143 Å². The highest BCUT2D eigenvalue weighted by atomic mass is 32.2. The van der Waals surface area contributed by atoms with Crippen molar-refractivity contribution in [2.45, 2.75) is 18.2 Å². The van der Waals surface area contributed by atoms with E-state index in [1.54, 1.807) is 43.3 Å². The maximum Gasteiger partial charge on any atom is 0.313 e. The zero-order valence-corrected chi connectivity index (χ0v) is 13.9. The van der Waals surface area contributed by atoms with Crippen LogP contribution in [-0.2, 0) is 14.3 Å². The summed E-state index contributed by atoms with van der Waals surface area (Å²) in [6.45, 7) is 1.97. The molecule has 126 valence electrons. The number of esters is 1. The molecule has 1 N–H and O–H groups in total. The SMILES string of the molecule is CCOC(=O)CC(=O)CSc1ccc(NC(=O)c2ccco2)cc1. The summed E-state index contributed by atoms with van der Waals surface area (Å²) in [5.41, 5.74) is 0.624. The first-order valence-electron chi connectivity index (χ1n) is 7.33. The topological polar surface area (TPSA) is 85.6 Å². The number of Topliss-reactive ketones (excluding diaryl/α,β-unsaturated/α-hetero) is 1. The maximum atomic E-state index is 11.8. The fourth-order valence-electron chi connectivity index (χ4n) is 1.82. The van der Waals surface area contributed by atoms with Gasteiger partial charge in [0, 0.05) is 10.6 Å². The van der Waals surface area contributed by atoms with E-state index in [2.05, 4.69) is 5.32 Å². The Morgan fingerprint density at radius 2 is 1.92 bits per heavy atom. The molecular formula is C17H17NO5S. The summed E-state index contributed by atoms with van der Waals surface area (Å²) in [6, 6.07) is 10.3. The number of benzene rings is 1. The van der Waals surface area contributed by atoms with Gasteiger partial charge in [-0.3, -0.25) is 14.4 Å². The van der Waals surface area contributed by atoms with Crippen LogP contribution in [0.1, 0.15) is 23.9 Å². The van der Waals surface area contributed by atoms with Gasteiger partial charge in [-0.25, -0.2) is 0 Å². The molecule has 2 rings (SSSR count). The van der Waals surface area contributed by atoms with Crippen molar-refractivity contribution in [2.24, 2.45) is 0 Å². The highest BCUT2D eigenvalue weighted by Gasteiger charge is 2.11. The van der Waals surface area contributed by atoms with Crippen LogP contribution in [0.25, 0.3) is 0 Å². The third kappa shape index (κ3) is 5.58. The van der Waals surface area contributed by atoms with Crippen LogP contribution in [0.4, 0.5) is 5.69 Å². The zero-order chi connectivity index (χ0) is 17.4. The van der Waals surface area contributed by atoms with E-state index in [0.29, 0.717) is 5.69 Å². The van der Waals surface area contributed by atoms with Crippen LogP contribution in [0.2, 0.25) is 0 Å². The molecule has 1 aromatic carbocycles. The van der Waals surface area contributed by atoms with Gasteiger partial charge in [-0.15, -0.1) is 11.8 Å². The molecule has 0 bridgehead atoms. The quantitative estimate of drug-likeness (QED) is 0.448. The number of carbonyl (C=O) groups excluding carboxylic acids is 3. The fourth-order valence-corrected chi connectivity index (χ4v) is 2.58. The van der Waals surface area contributed by atoms with Gasteiger partial charge in [-0.1, -0.05) is 0 Å². The lowest BCUT2D eigenvalue weighted by Crippen LogP contribution is -2.12. The summed E-state index contributed by atoms with van der Waals surface area (Å²) >= 11 is 1.33. The average Bonchev–Trinajstić information content (AvgIpc) is 3.09. The number of furan rings is 1. The monoisotopic (exact) mass is 347 g/mol. The maximum absolute atomic E-state index is 11.8. The first-order valence-corrected chi connectivity index (χ1v) is 8.32. The van der Waals surface area contributed by atoms with E-state index in [4.69, 9.17) is 9.15 Å². The molecule has 0 atom stereocenters. The second-order valence-electron chi connectivity index (χ2n) is 4.76. The largest absolute Gasteiger partial charge is 0.466 e. The summed E-state index contributed by atoms with van der Waals surface area (Å²) in [4.78, 5) is 35.6. The molecular weight excluding hydrogens is 330 g/mol. The number of hydrogen-bond donors (Lipinski definition) is 1. The van der Waals surface area contributed by atoms with Gasteiger partial charge in [0.15, 0.2) is 11.5 Å². The first kappa shape index (κ1) is 17.8. The Morgan fingerprint density at radius 1 is 1.17 bits per heavy atom. The van der Waals surface area contributed by atoms with E-state index in [1.165, 1.54) is 18.0 Å². The molecule has 24 heavy (non-hydrogen) atoms. The van der Waals surface area contributed by atoms with E-state index >= 15 is 0 Å². The standard InChI is InChI=1S/C17H17NO5S/c1-2-22-16(20)10-13(19)11-24-14-7-5-12(6-8-14)18-17(21)15-4-3-9-23-15/h3-9H,2,10-11H2,1H3,(H,18,21). The van der Waals surface area contributed by atoms with Crippen molar-refractivity contribution < 1.29 is 23.5 Å². The average molecular weight is 347 g/mol. The molecule has 0 aliphatic rings. The van der Waals surface area contributed by atoms with Crippen molar-refractivity contribution in [2.75, 3.05) is 17.7 Å². The van der Waals surface area contributed by atoms with E-state index in [9.17, 15) is 14.4 Å². The van der Waals surface area contributed by atoms with E-state index < -0.39 is 5.97 Å². The number of thioether (sulfide) groups is 1. The molecule has 1 heterocycles. The smallest absolute Gasteiger partial charge is 0.313 e. The molecule has 1 aromatic heterocycles. The summed E-state index contributed by atoms with van der Waals surface area (Å²) in [5, 5.41) is 2.71. The Balaban J connectivity index is 1.80. The van der Waals surface area contributed by atoms with Gasteiger partial charge in [0.05, 0.1) is 18.6 Å². The van der Waals surface area contributed by atoms with Crippen LogP contribution in [0.15, 0.2) is 52.0 Å². The molecule has 7 heteroatoms. The summed E-state index contributed by atoms with van der Waals surface area (Å²) in [6.07, 6.45) is 1.22. The molecule has 6 nitrogen and oxygen atoms in total. The molecule has 0 aliphatic carbocycles. The minimum Gasteiger partial charge on any atom is -0.466 e. The van der Waals surface area contributed by atoms with Crippen molar-refractivity contribution >= 4 is 35.1 Å². The number of hydrogen-bond acceptors (Lipinski definition) is 6. The number of anilines is 1. The van der Waals surface area contributed by atoms with Gasteiger partial charge in [0.25, 0.3) is 5.91 Å². The second kappa shape index (κ2) is 8.93. The van der Waals surface area contributed by atoms with E-state index in [1.807, 2.05) is 0 Å². The summed E-state index contributed by atoms with van der Waals surface area (Å²) in [7, 11) is 0. The molecule has 0 saturated carbocycles. The Hall–Kier alpha value is -2.54. The number of nitrogens with one attached hydrogen (secondary N) is 1. The number of rotatable bonds is 8. The highest BCUT2D eigenvalue weighted by Crippen LogP contribution is 2.21. The zero-order valence-electron chi connectivity index (χ0n) is 13.1. The second-order valence-corrected chi connectivity index (χ2v) is 5.81. The molecule has 0 spiro atoms. The van der Waals surface area contributed by atoms with Crippen molar-refractivity contribution in [3.05, 3.63) is 48.4 Å². The fraction of sp³-hybridized carbons (Fsp3) is 0.235. The predicted octanol–water partition coefficient (Wildman–Crippen LogP) is 3.15. The number of amides is 1. The van der Waals surface area contributed by atoms with Crippen LogP contribution >= 0.6 is 11.8 Å². The number of ether oxygens (including phenoxy) is 1. The minimum atomic E-state index is -0.501. The van der Waals surface area contributed by atoms with E-state index in [-0.39, 0.29) is 36.2 Å². The van der Waals surface area contributed by atoms with Gasteiger partial charge < -0.3 is 14.5 Å². The van der Waals surface area contributed by atoms with Crippen molar-refractivity contribution in [3.8, 4) is 0 Å². The third-order valence-electron chi connectivity index (χ3n) is 2.90. The number of carbonyl (C=O) groups is 3. The van der Waals surface area contributed by atoms with E-state index in [0.717, 1.165) is 4.90 Å². The lowest BCUT2D eigenvalue weighted by Gasteiger charge is -2.05. The summed E-state index contributed by atoms with van der Waals surface area (Å²) < 4.78 is 9.74. The predicted molar refractivity (Wildman–Crippen MR) is 90.1 cm³/mol. The highest BCUT2D eigenvalue weighted by molar-refractivity contribution is 8.00. The van der Waals surface area contributed by atoms with Crippen LogP contribution < -0.4 is 5.32 Å². The van der Waals surface area contributed by atoms with Gasteiger partial charge in [-0.05, 0) is 43.3 Å². The molecule has 0 radical (unpaired) electrons. The van der Waals surface area contributed by atoms with Crippen LogP contribution in [0, 0.1) is 0 Å². The lowest BCUT2D eigenvalue weighted by atomic mass is 10.3. The van der Waals surface area contributed by atoms with Crippen molar-refractivity contribution in [3.63, 3.8) is 0 Å². The van der Waals surface area contributed by atoms with Gasteiger partial charge in [0.2, 0.25) is 0 Å². The molecule has 0 unspecified atom stereocenters. The van der Waals surface area contributed by atoms with Gasteiger partial charge in [0.1, 0.15) is 6.42 Å². The Bertz CT molecular complexity index is 694. The lowest BCUT2D eigenvalue weighted by molar-refractivity contribution is -0.145. The summed E-state index contributed by atoms with van der Waals surface area (Å²) in [5.74, 6) is -0.590. The van der Waals surface area contributed by atoms with Crippen molar-refractivity contribution in [1.82, 2.24) is 0 Å². The molecule has 1 amide bonds. The minimum absolute atomic E-state index is 0.186. The normalized spacial score (nSPS) is 10.2. The van der Waals surface area contributed by atoms with Crippen LogP contribution in [0.5, 0.6) is 0 Å². The molecule has 0 saturated heterocycles. The van der Waals surface area contributed by atoms with Gasteiger partial charge in [-0.2, -0.15) is 0 Å². The molecule has 0 aliphatic heterocycles. The van der Waals surface area contributed by atoms with Crippen LogP contribution in [0.3, 0.4) is 0 Å². The number of ketones is 1. The molecule has 2 aromatic rings.